The fraction of sp³-hybridized carbons (Fsp3) is 0.478. The molecule has 1 fully saturated rings. The van der Waals surface area contributed by atoms with Crippen molar-refractivity contribution in [2.24, 2.45) is 0 Å². The van der Waals surface area contributed by atoms with Gasteiger partial charge in [-0.1, -0.05) is 17.3 Å². The average Bonchev–Trinajstić information content (AvgIpc) is 3.49. The molecule has 1 saturated heterocycles. The van der Waals surface area contributed by atoms with E-state index in [0.29, 0.717) is 23.6 Å². The Labute approximate surface area is 188 Å². The van der Waals surface area contributed by atoms with E-state index in [9.17, 15) is 4.79 Å². The number of ether oxygens (including phenoxy) is 1. The van der Waals surface area contributed by atoms with Crippen molar-refractivity contribution in [3.05, 3.63) is 59.0 Å². The van der Waals surface area contributed by atoms with Gasteiger partial charge in [0.05, 0.1) is 11.6 Å². The first-order valence-corrected chi connectivity index (χ1v) is 10.9. The normalized spacial score (nSPS) is 16.2. The van der Waals surface area contributed by atoms with Crippen molar-refractivity contribution in [1.29, 1.82) is 0 Å². The van der Waals surface area contributed by atoms with Crippen LogP contribution >= 0.6 is 0 Å². The molecule has 0 aliphatic carbocycles. The number of amides is 1. The molecule has 3 heterocycles. The number of hydrogen-bond donors (Lipinski definition) is 0. The smallest absolute Gasteiger partial charge is 0.277 e. The standard InChI is InChI=1S/C23H30N6O3/c1-16-7-5-8-18(13-16)31-14-19-17(2)32-26-21(19)23(30)29-10-6-9-20(29)22-25-24-15-28(22)12-11-27(3)4/h5,7-8,13,15,20H,6,9-12,14H2,1-4H3. The van der Waals surface area contributed by atoms with Gasteiger partial charge in [-0.15, -0.1) is 10.2 Å². The van der Waals surface area contributed by atoms with Crippen LogP contribution < -0.4 is 4.74 Å². The Hall–Kier alpha value is -3.20. The predicted molar refractivity (Wildman–Crippen MR) is 118 cm³/mol. The Balaban J connectivity index is 1.52. The van der Waals surface area contributed by atoms with Gasteiger partial charge in [-0.2, -0.15) is 0 Å². The predicted octanol–water partition coefficient (Wildman–Crippen LogP) is 3.00. The molecule has 0 saturated carbocycles. The second-order valence-electron chi connectivity index (χ2n) is 8.51. The summed E-state index contributed by atoms with van der Waals surface area (Å²) in [5, 5.41) is 12.5. The van der Waals surface area contributed by atoms with E-state index in [1.807, 2.05) is 54.8 Å². The van der Waals surface area contributed by atoms with Crippen molar-refractivity contribution in [1.82, 2.24) is 29.7 Å². The maximum absolute atomic E-state index is 13.5. The van der Waals surface area contributed by atoms with Gasteiger partial charge in [0.1, 0.15) is 24.4 Å². The van der Waals surface area contributed by atoms with E-state index < -0.39 is 0 Å². The molecular formula is C23H30N6O3. The van der Waals surface area contributed by atoms with Gasteiger partial charge in [-0.25, -0.2) is 0 Å². The van der Waals surface area contributed by atoms with Crippen molar-refractivity contribution in [3.8, 4) is 5.75 Å². The Morgan fingerprint density at radius 2 is 2.16 bits per heavy atom. The Morgan fingerprint density at radius 1 is 1.31 bits per heavy atom. The van der Waals surface area contributed by atoms with Gasteiger partial charge in [0.15, 0.2) is 11.5 Å². The molecular weight excluding hydrogens is 408 g/mol. The number of carbonyl (C=O) groups is 1. The van der Waals surface area contributed by atoms with Crippen LogP contribution in [0, 0.1) is 13.8 Å². The van der Waals surface area contributed by atoms with Crippen LogP contribution in [-0.2, 0) is 13.2 Å². The molecule has 1 aliphatic rings. The number of aromatic nitrogens is 4. The molecule has 4 rings (SSSR count). The third kappa shape index (κ3) is 4.67. The van der Waals surface area contributed by atoms with E-state index in [0.717, 1.165) is 43.1 Å². The summed E-state index contributed by atoms with van der Waals surface area (Å²) in [5.41, 5.74) is 2.09. The molecule has 0 bridgehead atoms. The van der Waals surface area contributed by atoms with E-state index in [1.165, 1.54) is 0 Å². The molecule has 2 aromatic heterocycles. The highest BCUT2D eigenvalue weighted by Crippen LogP contribution is 2.33. The van der Waals surface area contributed by atoms with Gasteiger partial charge >= 0.3 is 0 Å². The second kappa shape index (κ2) is 9.52. The highest BCUT2D eigenvalue weighted by atomic mass is 16.5. The van der Waals surface area contributed by atoms with Crippen LogP contribution in [0.15, 0.2) is 35.1 Å². The Morgan fingerprint density at radius 3 is 2.94 bits per heavy atom. The van der Waals surface area contributed by atoms with Crippen molar-refractivity contribution >= 4 is 5.91 Å². The fourth-order valence-corrected chi connectivity index (χ4v) is 4.01. The number of hydrogen-bond acceptors (Lipinski definition) is 7. The van der Waals surface area contributed by atoms with Crippen molar-refractivity contribution in [3.63, 3.8) is 0 Å². The van der Waals surface area contributed by atoms with Crippen LogP contribution in [0.4, 0.5) is 0 Å². The number of carbonyl (C=O) groups excluding carboxylic acids is 1. The van der Waals surface area contributed by atoms with Gasteiger partial charge in [0.25, 0.3) is 5.91 Å². The maximum Gasteiger partial charge on any atom is 0.277 e. The largest absolute Gasteiger partial charge is 0.489 e. The monoisotopic (exact) mass is 438 g/mol. The lowest BCUT2D eigenvalue weighted by atomic mass is 10.1. The second-order valence-corrected chi connectivity index (χ2v) is 8.51. The summed E-state index contributed by atoms with van der Waals surface area (Å²) in [6.45, 7) is 6.32. The summed E-state index contributed by atoms with van der Waals surface area (Å²) in [6, 6.07) is 7.68. The van der Waals surface area contributed by atoms with Crippen LogP contribution in [0.25, 0.3) is 0 Å². The summed E-state index contributed by atoms with van der Waals surface area (Å²) >= 11 is 0. The molecule has 1 unspecified atom stereocenters. The first-order chi connectivity index (χ1) is 15.4. The molecule has 0 N–H and O–H groups in total. The highest BCUT2D eigenvalue weighted by molar-refractivity contribution is 5.94. The molecule has 170 valence electrons. The minimum absolute atomic E-state index is 0.130. The van der Waals surface area contributed by atoms with Crippen molar-refractivity contribution < 1.29 is 14.1 Å². The number of aryl methyl sites for hydroxylation is 2. The Bertz CT molecular complexity index is 1070. The molecule has 0 spiro atoms. The number of benzene rings is 1. The van der Waals surface area contributed by atoms with Gasteiger partial charge in [0.2, 0.25) is 0 Å². The van der Waals surface area contributed by atoms with Gasteiger partial charge in [0, 0.05) is 19.6 Å². The van der Waals surface area contributed by atoms with Crippen molar-refractivity contribution in [2.45, 2.75) is 45.9 Å². The molecule has 1 atom stereocenters. The van der Waals surface area contributed by atoms with E-state index >= 15 is 0 Å². The molecule has 0 radical (unpaired) electrons. The van der Waals surface area contributed by atoms with Crippen LogP contribution in [-0.4, -0.2) is 62.8 Å². The van der Waals surface area contributed by atoms with E-state index in [2.05, 4.69) is 20.3 Å². The first-order valence-electron chi connectivity index (χ1n) is 10.9. The summed E-state index contributed by atoms with van der Waals surface area (Å²) in [6.07, 6.45) is 3.49. The number of likely N-dealkylation sites (tertiary alicyclic amines) is 1. The third-order valence-corrected chi connectivity index (χ3v) is 5.81. The highest BCUT2D eigenvalue weighted by Gasteiger charge is 2.36. The lowest BCUT2D eigenvalue weighted by Gasteiger charge is -2.24. The van der Waals surface area contributed by atoms with E-state index in [-0.39, 0.29) is 18.6 Å². The minimum Gasteiger partial charge on any atom is -0.489 e. The molecule has 1 amide bonds. The minimum atomic E-state index is -0.158. The Kier molecular flexibility index (Phi) is 6.55. The van der Waals surface area contributed by atoms with E-state index in [1.54, 1.807) is 13.3 Å². The topological polar surface area (TPSA) is 89.5 Å². The molecule has 32 heavy (non-hydrogen) atoms. The number of rotatable bonds is 8. The third-order valence-electron chi connectivity index (χ3n) is 5.81. The molecule has 9 heteroatoms. The number of nitrogens with zero attached hydrogens (tertiary/aromatic N) is 6. The quantitative estimate of drug-likeness (QED) is 0.534. The lowest BCUT2D eigenvalue weighted by molar-refractivity contribution is 0.0714. The zero-order valence-corrected chi connectivity index (χ0v) is 19.1. The van der Waals surface area contributed by atoms with Gasteiger partial charge < -0.3 is 23.6 Å². The molecule has 1 aliphatic heterocycles. The molecule has 3 aromatic rings. The van der Waals surface area contributed by atoms with Crippen LogP contribution in [0.5, 0.6) is 5.75 Å². The van der Waals surface area contributed by atoms with Gasteiger partial charge in [-0.3, -0.25) is 4.79 Å². The summed E-state index contributed by atoms with van der Waals surface area (Å²) in [5.74, 6) is 1.99. The van der Waals surface area contributed by atoms with Crippen molar-refractivity contribution in [2.75, 3.05) is 27.2 Å². The van der Waals surface area contributed by atoms with Gasteiger partial charge in [-0.05, 0) is 58.5 Å². The molecule has 1 aromatic carbocycles. The maximum atomic E-state index is 13.5. The summed E-state index contributed by atoms with van der Waals surface area (Å²) in [4.78, 5) is 17.5. The van der Waals surface area contributed by atoms with Crippen LogP contribution in [0.1, 0.15) is 52.1 Å². The van der Waals surface area contributed by atoms with Crippen LogP contribution in [0.2, 0.25) is 0 Å². The van der Waals surface area contributed by atoms with Crippen LogP contribution in [0.3, 0.4) is 0 Å². The lowest BCUT2D eigenvalue weighted by Crippen LogP contribution is -2.33. The fourth-order valence-electron chi connectivity index (χ4n) is 4.01. The zero-order chi connectivity index (χ0) is 22.7. The average molecular weight is 439 g/mol. The number of likely N-dealkylation sites (N-methyl/N-ethyl adjacent to an activating group) is 1. The SMILES string of the molecule is Cc1cccc(OCc2c(C(=O)N3CCCC3c3nncn3CCN(C)C)noc2C)c1. The van der Waals surface area contributed by atoms with E-state index in [4.69, 9.17) is 9.26 Å². The summed E-state index contributed by atoms with van der Waals surface area (Å²) in [7, 11) is 4.06. The zero-order valence-electron chi connectivity index (χ0n) is 19.1. The summed E-state index contributed by atoms with van der Waals surface area (Å²) < 4.78 is 13.4. The molecule has 9 nitrogen and oxygen atoms in total. The first kappa shape index (κ1) is 22.0.